The summed E-state index contributed by atoms with van der Waals surface area (Å²) >= 11 is 3.31. The van der Waals surface area contributed by atoms with Gasteiger partial charge in [0, 0.05) is 11.0 Å². The number of amides is 1. The molecule has 5 nitrogen and oxygen atoms in total. The molecule has 1 unspecified atom stereocenters. The number of aliphatic hydroxyl groups is 1. The second-order valence-corrected chi connectivity index (χ2v) is 5.61. The van der Waals surface area contributed by atoms with Crippen molar-refractivity contribution in [3.05, 3.63) is 28.2 Å². The number of halogens is 1. The third kappa shape index (κ3) is 2.72. The Morgan fingerprint density at radius 1 is 1.58 bits per heavy atom. The second-order valence-electron chi connectivity index (χ2n) is 4.69. The summed E-state index contributed by atoms with van der Waals surface area (Å²) in [6.45, 7) is 0.810. The smallest absolute Gasteiger partial charge is 0.251 e. The van der Waals surface area contributed by atoms with E-state index in [0.29, 0.717) is 30.6 Å². The zero-order valence-corrected chi connectivity index (χ0v) is 11.9. The molecule has 1 saturated heterocycles. The fraction of sp³-hybridized carbons (Fsp3) is 0.385. The largest absolute Gasteiger partial charge is 0.378 e. The van der Waals surface area contributed by atoms with Crippen molar-refractivity contribution in [2.24, 2.45) is 5.73 Å². The predicted molar refractivity (Wildman–Crippen MR) is 74.4 cm³/mol. The molecule has 0 radical (unpaired) electrons. The van der Waals surface area contributed by atoms with Crippen molar-refractivity contribution in [3.63, 3.8) is 0 Å². The Kier molecular flexibility index (Phi) is 3.78. The lowest BCUT2D eigenvalue weighted by Gasteiger charge is -2.38. The van der Waals surface area contributed by atoms with Gasteiger partial charge in [-0.05, 0) is 31.0 Å². The SMILES string of the molecule is N#Cc1cc(Br)ccc1N1CCCC(O)(C(N)=O)C1. The number of rotatable bonds is 2. The number of hydrogen-bond donors (Lipinski definition) is 2. The fourth-order valence-electron chi connectivity index (χ4n) is 2.32. The van der Waals surface area contributed by atoms with Crippen molar-refractivity contribution in [1.82, 2.24) is 0 Å². The van der Waals surface area contributed by atoms with Crippen LogP contribution in [0.4, 0.5) is 5.69 Å². The number of nitrogens with zero attached hydrogens (tertiary/aromatic N) is 2. The Labute approximate surface area is 119 Å². The van der Waals surface area contributed by atoms with Crippen LogP contribution in [-0.4, -0.2) is 29.7 Å². The normalized spacial score (nSPS) is 22.9. The van der Waals surface area contributed by atoms with E-state index < -0.39 is 11.5 Å². The summed E-state index contributed by atoms with van der Waals surface area (Å²) < 4.78 is 0.815. The molecule has 100 valence electrons. The third-order valence-electron chi connectivity index (χ3n) is 3.35. The predicted octanol–water partition coefficient (Wildman–Crippen LogP) is 1.14. The van der Waals surface area contributed by atoms with Gasteiger partial charge in [0.1, 0.15) is 6.07 Å². The summed E-state index contributed by atoms with van der Waals surface area (Å²) in [7, 11) is 0. The number of benzene rings is 1. The van der Waals surface area contributed by atoms with E-state index >= 15 is 0 Å². The van der Waals surface area contributed by atoms with E-state index in [9.17, 15) is 9.90 Å². The van der Waals surface area contributed by atoms with Crippen molar-refractivity contribution < 1.29 is 9.90 Å². The number of carbonyl (C=O) groups is 1. The molecule has 0 saturated carbocycles. The highest BCUT2D eigenvalue weighted by Crippen LogP contribution is 2.29. The average molecular weight is 324 g/mol. The van der Waals surface area contributed by atoms with Crippen LogP contribution in [-0.2, 0) is 4.79 Å². The molecule has 1 aromatic carbocycles. The molecule has 0 bridgehead atoms. The molecule has 3 N–H and O–H groups in total. The van der Waals surface area contributed by atoms with Crippen LogP contribution >= 0.6 is 15.9 Å². The number of carbonyl (C=O) groups excluding carboxylic acids is 1. The van der Waals surface area contributed by atoms with E-state index in [1.165, 1.54) is 0 Å². The van der Waals surface area contributed by atoms with Gasteiger partial charge in [0.05, 0.1) is 17.8 Å². The van der Waals surface area contributed by atoms with Crippen LogP contribution in [0.25, 0.3) is 0 Å². The number of nitrogens with two attached hydrogens (primary N) is 1. The molecule has 0 spiro atoms. The van der Waals surface area contributed by atoms with Gasteiger partial charge in [-0.15, -0.1) is 0 Å². The Balaban J connectivity index is 2.33. The van der Waals surface area contributed by atoms with Gasteiger partial charge in [0.15, 0.2) is 5.60 Å². The number of β-amino-alcohol motifs (C(OH)–C–C–N with tert-alkyl or cyclic N) is 1. The van der Waals surface area contributed by atoms with Crippen molar-refractivity contribution in [3.8, 4) is 6.07 Å². The summed E-state index contributed by atoms with van der Waals surface area (Å²) in [5, 5.41) is 19.4. The third-order valence-corrected chi connectivity index (χ3v) is 3.84. The van der Waals surface area contributed by atoms with Gasteiger partial charge in [-0.3, -0.25) is 4.79 Å². The highest BCUT2D eigenvalue weighted by molar-refractivity contribution is 9.10. The highest BCUT2D eigenvalue weighted by atomic mass is 79.9. The maximum atomic E-state index is 11.3. The Bertz CT molecular complexity index is 555. The van der Waals surface area contributed by atoms with E-state index in [0.717, 1.165) is 4.47 Å². The van der Waals surface area contributed by atoms with Crippen LogP contribution in [0.15, 0.2) is 22.7 Å². The summed E-state index contributed by atoms with van der Waals surface area (Å²) in [6, 6.07) is 7.46. The molecule has 1 aliphatic heterocycles. The zero-order chi connectivity index (χ0) is 14.0. The topological polar surface area (TPSA) is 90.3 Å². The quantitative estimate of drug-likeness (QED) is 0.853. The number of primary amides is 1. The molecule has 1 atom stereocenters. The Morgan fingerprint density at radius 2 is 2.32 bits per heavy atom. The molecule has 0 aromatic heterocycles. The van der Waals surface area contributed by atoms with Crippen LogP contribution < -0.4 is 10.6 Å². The van der Waals surface area contributed by atoms with Crippen LogP contribution in [0.3, 0.4) is 0 Å². The second kappa shape index (κ2) is 5.19. The number of hydrogen-bond acceptors (Lipinski definition) is 4. The molecule has 0 aliphatic carbocycles. The van der Waals surface area contributed by atoms with Gasteiger partial charge in [0.2, 0.25) is 0 Å². The first-order valence-electron chi connectivity index (χ1n) is 5.93. The van der Waals surface area contributed by atoms with E-state index in [1.807, 2.05) is 11.0 Å². The van der Waals surface area contributed by atoms with E-state index in [1.54, 1.807) is 12.1 Å². The zero-order valence-electron chi connectivity index (χ0n) is 10.3. The maximum absolute atomic E-state index is 11.3. The van der Waals surface area contributed by atoms with Gasteiger partial charge in [-0.2, -0.15) is 5.26 Å². The van der Waals surface area contributed by atoms with Crippen LogP contribution in [0, 0.1) is 11.3 Å². The Hall–Kier alpha value is -1.58. The van der Waals surface area contributed by atoms with Gasteiger partial charge >= 0.3 is 0 Å². The maximum Gasteiger partial charge on any atom is 0.251 e. The monoisotopic (exact) mass is 323 g/mol. The van der Waals surface area contributed by atoms with Crippen molar-refractivity contribution in [2.75, 3.05) is 18.0 Å². The van der Waals surface area contributed by atoms with E-state index in [2.05, 4.69) is 22.0 Å². The van der Waals surface area contributed by atoms with Crippen molar-refractivity contribution in [1.29, 1.82) is 5.26 Å². The number of nitriles is 1. The van der Waals surface area contributed by atoms with Crippen LogP contribution in [0.1, 0.15) is 18.4 Å². The molecular weight excluding hydrogens is 310 g/mol. The number of anilines is 1. The summed E-state index contributed by atoms with van der Waals surface area (Å²) in [6.07, 6.45) is 1.01. The summed E-state index contributed by atoms with van der Waals surface area (Å²) in [5.74, 6) is -0.715. The highest BCUT2D eigenvalue weighted by Gasteiger charge is 2.39. The van der Waals surface area contributed by atoms with Gasteiger partial charge in [-0.1, -0.05) is 15.9 Å². The molecule has 19 heavy (non-hydrogen) atoms. The molecule has 6 heteroatoms. The van der Waals surface area contributed by atoms with Crippen LogP contribution in [0.5, 0.6) is 0 Å². The first kappa shape index (κ1) is 13.8. The van der Waals surface area contributed by atoms with E-state index in [4.69, 9.17) is 11.0 Å². The minimum Gasteiger partial charge on any atom is -0.378 e. The molecule has 1 amide bonds. The van der Waals surface area contributed by atoms with Gasteiger partial charge in [0.25, 0.3) is 5.91 Å². The first-order valence-corrected chi connectivity index (χ1v) is 6.72. The minimum atomic E-state index is -1.52. The summed E-state index contributed by atoms with van der Waals surface area (Å²) in [5.41, 5.74) is 4.95. The molecule has 1 heterocycles. The van der Waals surface area contributed by atoms with Gasteiger partial charge < -0.3 is 15.7 Å². The minimum absolute atomic E-state index is 0.124. The molecule has 1 fully saturated rings. The van der Waals surface area contributed by atoms with Gasteiger partial charge in [-0.25, -0.2) is 0 Å². The lowest BCUT2D eigenvalue weighted by Crippen LogP contribution is -2.56. The molecule has 2 rings (SSSR count). The van der Waals surface area contributed by atoms with E-state index in [-0.39, 0.29) is 6.54 Å². The first-order chi connectivity index (χ1) is 8.96. The molecule has 1 aromatic rings. The fourth-order valence-corrected chi connectivity index (χ4v) is 2.68. The van der Waals surface area contributed by atoms with Crippen molar-refractivity contribution in [2.45, 2.75) is 18.4 Å². The molecular formula is C13H14BrN3O2. The lowest BCUT2D eigenvalue weighted by atomic mass is 9.91. The molecule has 1 aliphatic rings. The Morgan fingerprint density at radius 3 is 2.95 bits per heavy atom. The summed E-state index contributed by atoms with van der Waals surface area (Å²) in [4.78, 5) is 13.2. The van der Waals surface area contributed by atoms with Crippen molar-refractivity contribution >= 4 is 27.5 Å². The average Bonchev–Trinajstić information content (AvgIpc) is 2.38. The lowest BCUT2D eigenvalue weighted by molar-refractivity contribution is -0.137. The number of piperidine rings is 1. The standard InChI is InChI=1S/C13H14BrN3O2/c14-10-2-3-11(9(6-10)7-15)17-5-1-4-13(19,8-17)12(16)18/h2-3,6,19H,1,4-5,8H2,(H2,16,18). The van der Waals surface area contributed by atoms with Crippen LogP contribution in [0.2, 0.25) is 0 Å².